The van der Waals surface area contributed by atoms with Crippen molar-refractivity contribution in [3.05, 3.63) is 16.6 Å². The first kappa shape index (κ1) is 13.3. The zero-order valence-electron chi connectivity index (χ0n) is 10.6. The molecule has 0 saturated heterocycles. The van der Waals surface area contributed by atoms with Crippen LogP contribution in [0.4, 0.5) is 0 Å². The van der Waals surface area contributed by atoms with E-state index in [0.717, 1.165) is 30.8 Å². The smallest absolute Gasteiger partial charge is 0.139 e. The summed E-state index contributed by atoms with van der Waals surface area (Å²) >= 11 is 1.68. The first-order valence-electron chi connectivity index (χ1n) is 6.28. The molecule has 1 fully saturated rings. The van der Waals surface area contributed by atoms with Crippen molar-refractivity contribution in [3.63, 3.8) is 0 Å². The normalized spacial score (nSPS) is 19.7. The molecular weight excluding hydrogens is 248 g/mol. The number of nitrogens with two attached hydrogens (primary N) is 1. The number of amidine groups is 1. The maximum absolute atomic E-state index is 8.63. The fourth-order valence-electron chi connectivity index (χ4n) is 2.16. The Balaban J connectivity index is 1.87. The van der Waals surface area contributed by atoms with Crippen molar-refractivity contribution in [1.82, 2.24) is 10.3 Å². The first-order chi connectivity index (χ1) is 8.69. The minimum absolute atomic E-state index is 0.195. The average molecular weight is 268 g/mol. The van der Waals surface area contributed by atoms with Crippen molar-refractivity contribution >= 4 is 17.2 Å². The van der Waals surface area contributed by atoms with Crippen LogP contribution < -0.4 is 11.1 Å². The van der Waals surface area contributed by atoms with Crippen molar-refractivity contribution in [2.45, 2.75) is 38.6 Å². The second-order valence-corrected chi connectivity index (χ2v) is 5.91. The predicted molar refractivity (Wildman–Crippen MR) is 72.8 cm³/mol. The Morgan fingerprint density at radius 1 is 1.72 bits per heavy atom. The molecule has 1 aromatic heterocycles. The first-order valence-corrected chi connectivity index (χ1v) is 7.16. The van der Waals surface area contributed by atoms with Gasteiger partial charge in [-0.15, -0.1) is 11.3 Å². The largest absolute Gasteiger partial charge is 0.409 e. The molecule has 1 atom stereocenters. The van der Waals surface area contributed by atoms with Gasteiger partial charge in [0.2, 0.25) is 0 Å². The molecule has 0 spiro atoms. The molecule has 1 saturated carbocycles. The van der Waals surface area contributed by atoms with E-state index >= 15 is 0 Å². The van der Waals surface area contributed by atoms with Gasteiger partial charge in [0.25, 0.3) is 0 Å². The van der Waals surface area contributed by atoms with Crippen LogP contribution in [0.2, 0.25) is 0 Å². The number of nitrogens with one attached hydrogen (secondary N) is 1. The summed E-state index contributed by atoms with van der Waals surface area (Å²) in [5, 5.41) is 18.4. The quantitative estimate of drug-likeness (QED) is 0.306. The molecule has 1 aliphatic rings. The van der Waals surface area contributed by atoms with E-state index in [-0.39, 0.29) is 5.41 Å². The molecule has 2 rings (SSSR count). The maximum Gasteiger partial charge on any atom is 0.139 e. The molecule has 1 aromatic rings. The highest BCUT2D eigenvalue weighted by Crippen LogP contribution is 2.48. The summed E-state index contributed by atoms with van der Waals surface area (Å²) in [5.41, 5.74) is 5.79. The summed E-state index contributed by atoms with van der Waals surface area (Å²) in [6.07, 6.45) is 5.82. The molecule has 1 unspecified atom stereocenters. The van der Waals surface area contributed by atoms with Gasteiger partial charge in [-0.05, 0) is 24.7 Å². The number of rotatable bonds is 7. The van der Waals surface area contributed by atoms with Gasteiger partial charge >= 0.3 is 0 Å². The molecule has 5 nitrogen and oxygen atoms in total. The lowest BCUT2D eigenvalue weighted by Crippen LogP contribution is -2.31. The fraction of sp³-hybridized carbons (Fsp3) is 0.667. The lowest BCUT2D eigenvalue weighted by Gasteiger charge is -2.20. The number of aromatic nitrogens is 1. The summed E-state index contributed by atoms with van der Waals surface area (Å²) < 4.78 is 0. The molecule has 0 aliphatic heterocycles. The number of thiazole rings is 1. The average Bonchev–Trinajstić information content (AvgIpc) is 2.92. The van der Waals surface area contributed by atoms with Crippen LogP contribution >= 0.6 is 11.3 Å². The minimum Gasteiger partial charge on any atom is -0.409 e. The fourth-order valence-corrected chi connectivity index (χ4v) is 2.96. The van der Waals surface area contributed by atoms with E-state index in [9.17, 15) is 0 Å². The van der Waals surface area contributed by atoms with Crippen molar-refractivity contribution < 1.29 is 5.21 Å². The number of hydrogen-bond acceptors (Lipinski definition) is 5. The Labute approximate surface area is 111 Å². The third-order valence-electron chi connectivity index (χ3n) is 3.52. The predicted octanol–water partition coefficient (Wildman–Crippen LogP) is 2.10. The van der Waals surface area contributed by atoms with Crippen LogP contribution in [0.3, 0.4) is 0 Å². The second kappa shape index (κ2) is 5.67. The van der Waals surface area contributed by atoms with Gasteiger partial charge in [-0.2, -0.15) is 0 Å². The van der Waals surface area contributed by atoms with E-state index < -0.39 is 0 Å². The molecule has 6 heteroatoms. The van der Waals surface area contributed by atoms with Gasteiger partial charge in [-0.3, -0.25) is 0 Å². The zero-order valence-corrected chi connectivity index (χ0v) is 11.4. The highest BCUT2D eigenvalue weighted by molar-refractivity contribution is 7.09. The van der Waals surface area contributed by atoms with Gasteiger partial charge in [0.05, 0.1) is 6.04 Å². The summed E-state index contributed by atoms with van der Waals surface area (Å²) in [5.74, 6) is 0.330. The summed E-state index contributed by atoms with van der Waals surface area (Å²) in [6, 6.07) is 0.315. The van der Waals surface area contributed by atoms with Crippen LogP contribution in [0.25, 0.3) is 0 Å². The lowest BCUT2D eigenvalue weighted by molar-refractivity contribution is 0.313. The topological polar surface area (TPSA) is 83.5 Å². The zero-order chi connectivity index (χ0) is 13.0. The molecule has 18 heavy (non-hydrogen) atoms. The van der Waals surface area contributed by atoms with Gasteiger partial charge in [0, 0.05) is 24.5 Å². The van der Waals surface area contributed by atoms with Gasteiger partial charge in [0.15, 0.2) is 0 Å². The Hall–Kier alpha value is -1.14. The van der Waals surface area contributed by atoms with Crippen molar-refractivity contribution in [3.8, 4) is 0 Å². The highest BCUT2D eigenvalue weighted by Gasteiger charge is 2.43. The number of oxime groups is 1. The van der Waals surface area contributed by atoms with E-state index in [1.54, 1.807) is 11.3 Å². The Kier molecular flexibility index (Phi) is 4.19. The molecule has 4 N–H and O–H groups in total. The molecule has 1 heterocycles. The monoisotopic (exact) mass is 268 g/mol. The van der Waals surface area contributed by atoms with Crippen LogP contribution in [0.15, 0.2) is 16.7 Å². The van der Waals surface area contributed by atoms with E-state index in [0.29, 0.717) is 18.3 Å². The molecular formula is C12H20N4OS. The van der Waals surface area contributed by atoms with Crippen LogP contribution in [-0.2, 0) is 0 Å². The third-order valence-corrected chi connectivity index (χ3v) is 4.41. The Morgan fingerprint density at radius 2 is 2.50 bits per heavy atom. The van der Waals surface area contributed by atoms with Gasteiger partial charge in [-0.25, -0.2) is 4.98 Å². The lowest BCUT2D eigenvalue weighted by atomic mass is 10.0. The van der Waals surface area contributed by atoms with Crippen LogP contribution in [0, 0.1) is 5.41 Å². The van der Waals surface area contributed by atoms with Crippen LogP contribution in [0.5, 0.6) is 0 Å². The molecule has 0 amide bonds. The van der Waals surface area contributed by atoms with E-state index in [4.69, 9.17) is 10.9 Å². The minimum atomic E-state index is 0.195. The highest BCUT2D eigenvalue weighted by atomic mass is 32.1. The number of hydrogen-bond donors (Lipinski definition) is 3. The standard InChI is InChI=1S/C12H20N4OS/c1-2-9(11-14-5-6-18-11)15-8-12(3-4-12)7-10(13)16-17/h5-6,9,15,17H,2-4,7-8H2,1H3,(H2,13,16). The SMILES string of the molecule is CCC(NCC1(CC(N)=NO)CC1)c1nccs1. The number of nitrogens with zero attached hydrogens (tertiary/aromatic N) is 2. The van der Waals surface area contributed by atoms with Gasteiger partial charge in [-0.1, -0.05) is 12.1 Å². The third kappa shape index (κ3) is 3.20. The van der Waals surface area contributed by atoms with Crippen molar-refractivity contribution in [2.24, 2.45) is 16.3 Å². The maximum atomic E-state index is 8.63. The summed E-state index contributed by atoms with van der Waals surface area (Å²) in [6.45, 7) is 3.06. The van der Waals surface area contributed by atoms with Crippen LogP contribution in [0.1, 0.15) is 43.7 Å². The molecule has 1 aliphatic carbocycles. The van der Waals surface area contributed by atoms with Gasteiger partial charge in [0.1, 0.15) is 10.8 Å². The van der Waals surface area contributed by atoms with Crippen molar-refractivity contribution in [1.29, 1.82) is 0 Å². The van der Waals surface area contributed by atoms with E-state index in [2.05, 4.69) is 22.4 Å². The molecule has 0 radical (unpaired) electrons. The molecule has 0 bridgehead atoms. The van der Waals surface area contributed by atoms with E-state index in [1.807, 2.05) is 11.6 Å². The van der Waals surface area contributed by atoms with E-state index in [1.165, 1.54) is 0 Å². The van der Waals surface area contributed by atoms with Crippen molar-refractivity contribution in [2.75, 3.05) is 6.54 Å². The van der Waals surface area contributed by atoms with Crippen LogP contribution in [-0.4, -0.2) is 22.6 Å². The summed E-state index contributed by atoms with van der Waals surface area (Å²) in [7, 11) is 0. The molecule has 0 aromatic carbocycles. The Bertz CT molecular complexity index is 400. The van der Waals surface area contributed by atoms with Gasteiger partial charge < -0.3 is 16.3 Å². The Morgan fingerprint density at radius 3 is 3.00 bits per heavy atom. The summed E-state index contributed by atoms with van der Waals surface area (Å²) in [4.78, 5) is 4.35. The second-order valence-electron chi connectivity index (χ2n) is 4.98. The molecule has 100 valence electrons.